The van der Waals surface area contributed by atoms with E-state index >= 15 is 0 Å². The fourth-order valence-corrected chi connectivity index (χ4v) is 2.39. The molecule has 0 saturated heterocycles. The van der Waals surface area contributed by atoms with E-state index in [1.807, 2.05) is 19.2 Å². The summed E-state index contributed by atoms with van der Waals surface area (Å²) in [6.07, 6.45) is 5.64. The van der Waals surface area contributed by atoms with Crippen LogP contribution in [-0.2, 0) is 16.0 Å². The van der Waals surface area contributed by atoms with Gasteiger partial charge in [-0.25, -0.2) is 0 Å². The first-order valence-electron chi connectivity index (χ1n) is 6.64. The van der Waals surface area contributed by atoms with Gasteiger partial charge < -0.3 is 10.1 Å². The third-order valence-corrected chi connectivity index (χ3v) is 3.22. The lowest BCUT2D eigenvalue weighted by atomic mass is 9.92. The molecule has 0 bridgehead atoms. The van der Waals surface area contributed by atoms with Gasteiger partial charge in [0.05, 0.1) is 18.7 Å². The van der Waals surface area contributed by atoms with Crippen molar-refractivity contribution in [3.8, 4) is 0 Å². The third kappa shape index (κ3) is 3.29. The van der Waals surface area contributed by atoms with Crippen LogP contribution >= 0.6 is 0 Å². The number of carbonyl (C=O) groups excluding carboxylic acids is 1. The molecule has 2 rings (SSSR count). The predicted octanol–water partition coefficient (Wildman–Crippen LogP) is 2.00. The van der Waals surface area contributed by atoms with Crippen LogP contribution in [0.15, 0.2) is 18.3 Å². The lowest BCUT2D eigenvalue weighted by Crippen LogP contribution is -2.28. The second kappa shape index (κ2) is 6.50. The lowest BCUT2D eigenvalue weighted by molar-refractivity contribution is -0.143. The van der Waals surface area contributed by atoms with Gasteiger partial charge in [-0.1, -0.05) is 6.07 Å². The summed E-state index contributed by atoms with van der Waals surface area (Å²) < 4.78 is 4.91. The summed E-state index contributed by atoms with van der Waals surface area (Å²) in [5.41, 5.74) is 2.48. The number of nitrogens with one attached hydrogen (secondary N) is 1. The van der Waals surface area contributed by atoms with Crippen molar-refractivity contribution in [3.63, 3.8) is 0 Å². The van der Waals surface area contributed by atoms with Crippen LogP contribution < -0.4 is 5.32 Å². The zero-order chi connectivity index (χ0) is 12.8. The lowest BCUT2D eigenvalue weighted by Gasteiger charge is -2.25. The van der Waals surface area contributed by atoms with Crippen LogP contribution in [0.3, 0.4) is 0 Å². The predicted molar refractivity (Wildman–Crippen MR) is 69.2 cm³/mol. The molecule has 0 spiro atoms. The van der Waals surface area contributed by atoms with Crippen molar-refractivity contribution in [3.05, 3.63) is 29.6 Å². The zero-order valence-corrected chi connectivity index (χ0v) is 10.8. The minimum absolute atomic E-state index is 0.137. The Morgan fingerprint density at radius 3 is 3.33 bits per heavy atom. The van der Waals surface area contributed by atoms with E-state index in [9.17, 15) is 4.79 Å². The molecule has 0 radical (unpaired) electrons. The monoisotopic (exact) mass is 248 g/mol. The summed E-state index contributed by atoms with van der Waals surface area (Å²) in [7, 11) is 0. The number of nitrogens with zero attached hydrogens (tertiary/aromatic N) is 1. The maximum atomic E-state index is 11.3. The zero-order valence-electron chi connectivity index (χ0n) is 10.8. The van der Waals surface area contributed by atoms with Gasteiger partial charge in [0.15, 0.2) is 0 Å². The van der Waals surface area contributed by atoms with E-state index < -0.39 is 0 Å². The summed E-state index contributed by atoms with van der Waals surface area (Å²) >= 11 is 0. The Balaban J connectivity index is 1.86. The number of carbonyl (C=O) groups is 1. The van der Waals surface area contributed by atoms with Gasteiger partial charge >= 0.3 is 5.97 Å². The Labute approximate surface area is 108 Å². The first-order valence-corrected chi connectivity index (χ1v) is 6.64. The van der Waals surface area contributed by atoms with Crippen LogP contribution in [-0.4, -0.2) is 24.1 Å². The molecule has 4 heteroatoms. The van der Waals surface area contributed by atoms with Gasteiger partial charge in [-0.3, -0.25) is 9.78 Å². The number of ether oxygens (including phenoxy) is 1. The molecule has 1 aliphatic carbocycles. The number of aryl methyl sites for hydroxylation is 1. The fraction of sp³-hybridized carbons (Fsp3) is 0.571. The summed E-state index contributed by atoms with van der Waals surface area (Å²) in [5.74, 6) is -0.137. The fourth-order valence-electron chi connectivity index (χ4n) is 2.39. The Bertz CT molecular complexity index is 407. The molecular weight excluding hydrogens is 228 g/mol. The van der Waals surface area contributed by atoms with Crippen LogP contribution in [0.25, 0.3) is 0 Å². The van der Waals surface area contributed by atoms with E-state index in [0.717, 1.165) is 18.5 Å². The second-order valence-electron chi connectivity index (χ2n) is 4.50. The molecule has 1 atom stereocenters. The largest absolute Gasteiger partial charge is 0.466 e. The number of pyridine rings is 1. The maximum absolute atomic E-state index is 11.3. The van der Waals surface area contributed by atoms with E-state index in [4.69, 9.17) is 4.74 Å². The molecule has 18 heavy (non-hydrogen) atoms. The first kappa shape index (κ1) is 13.0. The number of hydrogen-bond donors (Lipinski definition) is 1. The maximum Gasteiger partial charge on any atom is 0.307 e. The molecule has 1 aliphatic rings. The van der Waals surface area contributed by atoms with Gasteiger partial charge in [-0.15, -0.1) is 0 Å². The Morgan fingerprint density at radius 1 is 1.61 bits per heavy atom. The smallest absolute Gasteiger partial charge is 0.307 e. The van der Waals surface area contributed by atoms with E-state index in [1.165, 1.54) is 12.0 Å². The summed E-state index contributed by atoms with van der Waals surface area (Å²) in [6.45, 7) is 2.93. The first-order chi connectivity index (χ1) is 8.81. The van der Waals surface area contributed by atoms with Crippen LogP contribution in [0.4, 0.5) is 0 Å². The number of fused-ring (bicyclic) bond motifs is 1. The molecule has 1 heterocycles. The molecule has 1 aromatic heterocycles. The van der Waals surface area contributed by atoms with Crippen molar-refractivity contribution < 1.29 is 9.53 Å². The van der Waals surface area contributed by atoms with Gasteiger partial charge in [0.25, 0.3) is 0 Å². The van der Waals surface area contributed by atoms with Gasteiger partial charge in [0.2, 0.25) is 0 Å². The van der Waals surface area contributed by atoms with Gasteiger partial charge in [0, 0.05) is 18.8 Å². The quantitative estimate of drug-likeness (QED) is 0.810. The Hall–Kier alpha value is -1.42. The normalized spacial score (nSPS) is 18.2. The molecule has 4 nitrogen and oxygen atoms in total. The molecule has 98 valence electrons. The molecule has 0 aromatic carbocycles. The minimum atomic E-state index is -0.137. The van der Waals surface area contributed by atoms with Crippen molar-refractivity contribution in [1.82, 2.24) is 10.3 Å². The van der Waals surface area contributed by atoms with E-state index in [1.54, 1.807) is 0 Å². The SMILES string of the molecule is CCOC(=O)CCNC1CCCc2cccnc21. The molecule has 0 fully saturated rings. The number of aromatic nitrogens is 1. The number of esters is 1. The van der Waals surface area contributed by atoms with Crippen LogP contribution in [0.5, 0.6) is 0 Å². The highest BCUT2D eigenvalue weighted by Gasteiger charge is 2.20. The third-order valence-electron chi connectivity index (χ3n) is 3.22. The topological polar surface area (TPSA) is 51.2 Å². The van der Waals surface area contributed by atoms with Crippen molar-refractivity contribution in [2.75, 3.05) is 13.2 Å². The molecule has 1 unspecified atom stereocenters. The highest BCUT2D eigenvalue weighted by molar-refractivity contribution is 5.69. The van der Waals surface area contributed by atoms with Gasteiger partial charge in [-0.05, 0) is 37.8 Å². The molecule has 1 N–H and O–H groups in total. The van der Waals surface area contributed by atoms with Crippen LogP contribution in [0, 0.1) is 0 Å². The Kier molecular flexibility index (Phi) is 4.70. The van der Waals surface area contributed by atoms with Crippen molar-refractivity contribution in [2.24, 2.45) is 0 Å². The average molecular weight is 248 g/mol. The highest BCUT2D eigenvalue weighted by atomic mass is 16.5. The van der Waals surface area contributed by atoms with Gasteiger partial charge in [0.1, 0.15) is 0 Å². The van der Waals surface area contributed by atoms with Gasteiger partial charge in [-0.2, -0.15) is 0 Å². The number of rotatable bonds is 5. The molecule has 0 aliphatic heterocycles. The second-order valence-corrected chi connectivity index (χ2v) is 4.50. The van der Waals surface area contributed by atoms with Crippen molar-refractivity contribution in [2.45, 2.75) is 38.6 Å². The average Bonchev–Trinajstić information content (AvgIpc) is 2.39. The summed E-state index contributed by atoms with van der Waals surface area (Å²) in [4.78, 5) is 15.7. The molecule has 0 amide bonds. The van der Waals surface area contributed by atoms with Crippen molar-refractivity contribution >= 4 is 5.97 Å². The Morgan fingerprint density at radius 2 is 2.50 bits per heavy atom. The molecular formula is C14H20N2O2. The standard InChI is InChI=1S/C14H20N2O2/c1-2-18-13(17)8-10-15-12-7-3-5-11-6-4-9-16-14(11)12/h4,6,9,12,15H,2-3,5,7-8,10H2,1H3. The molecule has 1 aromatic rings. The van der Waals surface area contributed by atoms with Crippen LogP contribution in [0.2, 0.25) is 0 Å². The van der Waals surface area contributed by atoms with E-state index in [0.29, 0.717) is 19.6 Å². The van der Waals surface area contributed by atoms with E-state index in [2.05, 4.69) is 16.4 Å². The minimum Gasteiger partial charge on any atom is -0.466 e. The van der Waals surface area contributed by atoms with E-state index in [-0.39, 0.29) is 12.0 Å². The van der Waals surface area contributed by atoms with Crippen LogP contribution in [0.1, 0.15) is 43.5 Å². The van der Waals surface area contributed by atoms with Crippen molar-refractivity contribution in [1.29, 1.82) is 0 Å². The molecule has 0 saturated carbocycles. The number of hydrogen-bond acceptors (Lipinski definition) is 4. The summed E-state index contributed by atoms with van der Waals surface area (Å²) in [6, 6.07) is 4.41. The summed E-state index contributed by atoms with van der Waals surface area (Å²) in [5, 5.41) is 3.40. The highest BCUT2D eigenvalue weighted by Crippen LogP contribution is 2.27.